The SMILES string of the molecule is COc1ccc(Br)cc1COc1ccc(N)cc1C(=O)O. The molecule has 0 saturated heterocycles. The molecule has 3 N–H and O–H groups in total. The fraction of sp³-hybridized carbons (Fsp3) is 0.133. The zero-order valence-electron chi connectivity index (χ0n) is 11.3. The Morgan fingerprint density at radius 1 is 1.24 bits per heavy atom. The number of carboxylic acids is 1. The number of hydrogen-bond donors (Lipinski definition) is 2. The Kier molecular flexibility index (Phi) is 4.70. The van der Waals surface area contributed by atoms with Crippen LogP contribution in [-0.2, 0) is 6.61 Å². The summed E-state index contributed by atoms with van der Waals surface area (Å²) in [5.74, 6) is -0.150. The number of ether oxygens (including phenoxy) is 2. The van der Waals surface area contributed by atoms with Crippen molar-refractivity contribution < 1.29 is 19.4 Å². The fourth-order valence-corrected chi connectivity index (χ4v) is 2.26. The predicted molar refractivity (Wildman–Crippen MR) is 82.8 cm³/mol. The molecular formula is C15H14BrNO4. The molecule has 6 heteroatoms. The summed E-state index contributed by atoms with van der Waals surface area (Å²) in [6, 6.07) is 10.0. The van der Waals surface area contributed by atoms with E-state index in [9.17, 15) is 4.79 Å². The molecule has 0 aliphatic heterocycles. The largest absolute Gasteiger partial charge is 0.496 e. The van der Waals surface area contributed by atoms with Crippen molar-refractivity contribution in [2.24, 2.45) is 0 Å². The quantitative estimate of drug-likeness (QED) is 0.807. The van der Waals surface area contributed by atoms with E-state index >= 15 is 0 Å². The molecule has 0 aromatic heterocycles. The second kappa shape index (κ2) is 6.49. The highest BCUT2D eigenvalue weighted by molar-refractivity contribution is 9.10. The summed E-state index contributed by atoms with van der Waals surface area (Å²) in [6.45, 7) is 0.187. The number of halogens is 1. The molecule has 0 unspecified atom stereocenters. The summed E-state index contributed by atoms with van der Waals surface area (Å²) in [7, 11) is 1.57. The molecule has 2 aromatic rings. The standard InChI is InChI=1S/C15H14BrNO4/c1-20-13-4-2-10(16)6-9(13)8-21-14-5-3-11(17)7-12(14)15(18)19/h2-7H,8,17H2,1H3,(H,18,19). The van der Waals surface area contributed by atoms with Crippen molar-refractivity contribution in [3.8, 4) is 11.5 Å². The van der Waals surface area contributed by atoms with Crippen molar-refractivity contribution in [2.45, 2.75) is 6.61 Å². The van der Waals surface area contributed by atoms with Crippen LogP contribution in [0.5, 0.6) is 11.5 Å². The van der Waals surface area contributed by atoms with Gasteiger partial charge in [0.2, 0.25) is 0 Å². The summed E-state index contributed by atoms with van der Waals surface area (Å²) in [5.41, 5.74) is 6.80. The van der Waals surface area contributed by atoms with Gasteiger partial charge < -0.3 is 20.3 Å². The predicted octanol–water partition coefficient (Wildman–Crippen LogP) is 3.32. The fourth-order valence-electron chi connectivity index (χ4n) is 1.86. The third-order valence-electron chi connectivity index (χ3n) is 2.86. The molecule has 0 fully saturated rings. The number of methoxy groups -OCH3 is 1. The Hall–Kier alpha value is -2.21. The molecule has 0 radical (unpaired) electrons. The van der Waals surface area contributed by atoms with Crippen LogP contribution in [0.15, 0.2) is 40.9 Å². The van der Waals surface area contributed by atoms with Gasteiger partial charge in [-0.2, -0.15) is 0 Å². The average molecular weight is 352 g/mol. The molecule has 0 saturated carbocycles. The van der Waals surface area contributed by atoms with E-state index < -0.39 is 5.97 Å². The number of nitrogen functional groups attached to an aromatic ring is 1. The molecule has 110 valence electrons. The lowest BCUT2D eigenvalue weighted by Gasteiger charge is -2.12. The number of aromatic carboxylic acids is 1. The van der Waals surface area contributed by atoms with E-state index in [4.69, 9.17) is 20.3 Å². The smallest absolute Gasteiger partial charge is 0.339 e. The zero-order valence-corrected chi connectivity index (χ0v) is 12.9. The van der Waals surface area contributed by atoms with Crippen LogP contribution in [0.3, 0.4) is 0 Å². The summed E-state index contributed by atoms with van der Waals surface area (Å²) < 4.78 is 11.7. The molecule has 0 aliphatic rings. The van der Waals surface area contributed by atoms with Gasteiger partial charge in [0, 0.05) is 15.7 Å². The van der Waals surface area contributed by atoms with Crippen LogP contribution in [0, 0.1) is 0 Å². The summed E-state index contributed by atoms with van der Waals surface area (Å²) in [4.78, 5) is 11.2. The van der Waals surface area contributed by atoms with Crippen LogP contribution in [0.4, 0.5) is 5.69 Å². The minimum Gasteiger partial charge on any atom is -0.496 e. The Balaban J connectivity index is 2.24. The first-order valence-electron chi connectivity index (χ1n) is 6.09. The minimum atomic E-state index is -1.08. The van der Waals surface area contributed by atoms with Gasteiger partial charge in [0.25, 0.3) is 0 Å². The number of carbonyl (C=O) groups is 1. The highest BCUT2D eigenvalue weighted by atomic mass is 79.9. The van der Waals surface area contributed by atoms with Gasteiger partial charge in [-0.05, 0) is 36.4 Å². The molecule has 0 bridgehead atoms. The number of benzene rings is 2. The number of carboxylic acid groups (broad SMARTS) is 1. The number of rotatable bonds is 5. The third-order valence-corrected chi connectivity index (χ3v) is 3.35. The maximum atomic E-state index is 11.2. The van der Waals surface area contributed by atoms with Gasteiger partial charge in [0.05, 0.1) is 7.11 Å². The van der Waals surface area contributed by atoms with Crippen LogP contribution < -0.4 is 15.2 Å². The van der Waals surface area contributed by atoms with Crippen LogP contribution in [0.1, 0.15) is 15.9 Å². The van der Waals surface area contributed by atoms with Crippen molar-refractivity contribution in [3.63, 3.8) is 0 Å². The van der Waals surface area contributed by atoms with Gasteiger partial charge in [0.1, 0.15) is 23.7 Å². The van der Waals surface area contributed by atoms with Gasteiger partial charge >= 0.3 is 5.97 Å². The number of anilines is 1. The lowest BCUT2D eigenvalue weighted by Crippen LogP contribution is -2.05. The van der Waals surface area contributed by atoms with Crippen LogP contribution in [0.25, 0.3) is 0 Å². The maximum Gasteiger partial charge on any atom is 0.339 e. The highest BCUT2D eigenvalue weighted by Gasteiger charge is 2.13. The van der Waals surface area contributed by atoms with Gasteiger partial charge in [-0.3, -0.25) is 0 Å². The van der Waals surface area contributed by atoms with Gasteiger partial charge in [0.15, 0.2) is 0 Å². The van der Waals surface area contributed by atoms with E-state index in [1.54, 1.807) is 19.2 Å². The molecule has 0 aliphatic carbocycles. The van der Waals surface area contributed by atoms with Crippen LogP contribution in [-0.4, -0.2) is 18.2 Å². The summed E-state index contributed by atoms with van der Waals surface area (Å²) in [5, 5.41) is 9.16. The van der Waals surface area contributed by atoms with E-state index in [2.05, 4.69) is 15.9 Å². The summed E-state index contributed by atoms with van der Waals surface area (Å²) >= 11 is 3.38. The molecule has 0 heterocycles. The molecule has 0 spiro atoms. The number of hydrogen-bond acceptors (Lipinski definition) is 4. The molecule has 2 rings (SSSR count). The normalized spacial score (nSPS) is 10.2. The Morgan fingerprint density at radius 2 is 1.95 bits per heavy atom. The average Bonchev–Trinajstić information content (AvgIpc) is 2.46. The third kappa shape index (κ3) is 3.66. The lowest BCUT2D eigenvalue weighted by molar-refractivity contribution is 0.0692. The zero-order chi connectivity index (χ0) is 15.4. The lowest BCUT2D eigenvalue weighted by atomic mass is 10.1. The molecule has 0 atom stereocenters. The van der Waals surface area contributed by atoms with E-state index in [0.29, 0.717) is 11.4 Å². The molecule has 21 heavy (non-hydrogen) atoms. The van der Waals surface area contributed by atoms with Crippen molar-refractivity contribution in [1.82, 2.24) is 0 Å². The van der Waals surface area contributed by atoms with E-state index in [0.717, 1.165) is 10.0 Å². The molecule has 2 aromatic carbocycles. The second-order valence-electron chi connectivity index (χ2n) is 4.31. The van der Waals surface area contributed by atoms with Gasteiger partial charge in [-0.25, -0.2) is 4.79 Å². The van der Waals surface area contributed by atoms with Crippen molar-refractivity contribution in [1.29, 1.82) is 0 Å². The Morgan fingerprint density at radius 3 is 2.62 bits per heavy atom. The summed E-state index contributed by atoms with van der Waals surface area (Å²) in [6.07, 6.45) is 0. The molecule has 5 nitrogen and oxygen atoms in total. The maximum absolute atomic E-state index is 11.2. The van der Waals surface area contributed by atoms with E-state index in [1.807, 2.05) is 18.2 Å². The molecule has 0 amide bonds. The Bertz CT molecular complexity index is 673. The first-order chi connectivity index (χ1) is 10.0. The Labute approximate surface area is 130 Å². The monoisotopic (exact) mass is 351 g/mol. The van der Waals surface area contributed by atoms with E-state index in [1.165, 1.54) is 6.07 Å². The minimum absolute atomic E-state index is 0.0314. The molecular weight excluding hydrogens is 338 g/mol. The van der Waals surface area contributed by atoms with Crippen LogP contribution >= 0.6 is 15.9 Å². The first kappa shape index (κ1) is 15.2. The van der Waals surface area contributed by atoms with Gasteiger partial charge in [-0.1, -0.05) is 15.9 Å². The van der Waals surface area contributed by atoms with Crippen LogP contribution in [0.2, 0.25) is 0 Å². The second-order valence-corrected chi connectivity index (χ2v) is 5.22. The van der Waals surface area contributed by atoms with E-state index in [-0.39, 0.29) is 17.9 Å². The van der Waals surface area contributed by atoms with Crippen molar-refractivity contribution in [3.05, 3.63) is 52.0 Å². The van der Waals surface area contributed by atoms with Crippen molar-refractivity contribution >= 4 is 27.6 Å². The topological polar surface area (TPSA) is 81.8 Å². The number of nitrogens with two attached hydrogens (primary N) is 1. The van der Waals surface area contributed by atoms with Crippen molar-refractivity contribution in [2.75, 3.05) is 12.8 Å². The van der Waals surface area contributed by atoms with Gasteiger partial charge in [-0.15, -0.1) is 0 Å². The first-order valence-corrected chi connectivity index (χ1v) is 6.88. The highest BCUT2D eigenvalue weighted by Crippen LogP contribution is 2.27.